The molecule has 1 atom stereocenters. The first-order valence-corrected chi connectivity index (χ1v) is 8.50. The van der Waals surface area contributed by atoms with Crippen molar-refractivity contribution in [1.29, 1.82) is 0 Å². The standard InChI is InChI=1S/C20H16ClFN2O3/c1-13(19(25)24-15-5-3-2-4-6-15)26-16-7-9-17(10-8-16)27-20-18(22)11-14(21)12-23-20/h2-13H,1H3,(H,24,25). The van der Waals surface area contributed by atoms with Crippen LogP contribution in [-0.2, 0) is 4.79 Å². The minimum Gasteiger partial charge on any atom is -0.481 e. The van der Waals surface area contributed by atoms with Crippen LogP contribution in [0.15, 0.2) is 66.9 Å². The Morgan fingerprint density at radius 3 is 2.44 bits per heavy atom. The number of benzene rings is 2. The number of ether oxygens (including phenoxy) is 2. The molecular formula is C20H16ClFN2O3. The van der Waals surface area contributed by atoms with Crippen molar-refractivity contribution in [3.63, 3.8) is 0 Å². The van der Waals surface area contributed by atoms with Crippen LogP contribution in [-0.4, -0.2) is 17.0 Å². The van der Waals surface area contributed by atoms with Gasteiger partial charge in [0.1, 0.15) is 11.5 Å². The third kappa shape index (κ3) is 5.18. The molecule has 0 aliphatic carbocycles. The molecule has 27 heavy (non-hydrogen) atoms. The van der Waals surface area contributed by atoms with Crippen LogP contribution >= 0.6 is 11.6 Å². The van der Waals surface area contributed by atoms with E-state index in [9.17, 15) is 9.18 Å². The molecule has 0 saturated carbocycles. The largest absolute Gasteiger partial charge is 0.481 e. The highest BCUT2D eigenvalue weighted by Gasteiger charge is 2.15. The second kappa shape index (κ2) is 8.51. The van der Waals surface area contributed by atoms with Crippen LogP contribution in [0.25, 0.3) is 0 Å². The number of carbonyl (C=O) groups is 1. The zero-order chi connectivity index (χ0) is 19.2. The third-order valence-corrected chi connectivity index (χ3v) is 3.74. The highest BCUT2D eigenvalue weighted by atomic mass is 35.5. The number of rotatable bonds is 6. The minimum atomic E-state index is -0.702. The summed E-state index contributed by atoms with van der Waals surface area (Å²) in [6, 6.07) is 16.7. The quantitative estimate of drug-likeness (QED) is 0.642. The summed E-state index contributed by atoms with van der Waals surface area (Å²) < 4.78 is 24.7. The van der Waals surface area contributed by atoms with Crippen molar-refractivity contribution in [3.8, 4) is 17.4 Å². The summed E-state index contributed by atoms with van der Waals surface area (Å²) in [7, 11) is 0. The number of amides is 1. The van der Waals surface area contributed by atoms with Crippen molar-refractivity contribution in [1.82, 2.24) is 4.98 Å². The van der Waals surface area contributed by atoms with Crippen LogP contribution in [0.4, 0.5) is 10.1 Å². The fourth-order valence-corrected chi connectivity index (χ4v) is 2.34. The van der Waals surface area contributed by atoms with E-state index in [1.807, 2.05) is 18.2 Å². The Labute approximate surface area is 160 Å². The number of nitrogens with one attached hydrogen (secondary N) is 1. The molecule has 3 aromatic rings. The molecule has 5 nitrogen and oxygen atoms in total. The number of aromatic nitrogens is 1. The highest BCUT2D eigenvalue weighted by Crippen LogP contribution is 2.26. The second-order valence-corrected chi connectivity index (χ2v) is 6.07. The molecule has 0 bridgehead atoms. The normalized spacial score (nSPS) is 11.5. The van der Waals surface area contributed by atoms with Crippen LogP contribution in [0.1, 0.15) is 6.92 Å². The van der Waals surface area contributed by atoms with Crippen molar-refractivity contribution in [3.05, 3.63) is 77.7 Å². The molecule has 0 spiro atoms. The monoisotopic (exact) mass is 386 g/mol. The van der Waals surface area contributed by atoms with Gasteiger partial charge in [0.25, 0.3) is 11.8 Å². The lowest BCUT2D eigenvalue weighted by atomic mass is 10.3. The Balaban J connectivity index is 1.59. The van der Waals surface area contributed by atoms with E-state index >= 15 is 0 Å². The van der Waals surface area contributed by atoms with Gasteiger partial charge in [-0.2, -0.15) is 0 Å². The van der Waals surface area contributed by atoms with E-state index in [2.05, 4.69) is 10.3 Å². The number of anilines is 1. The second-order valence-electron chi connectivity index (χ2n) is 5.63. The highest BCUT2D eigenvalue weighted by molar-refractivity contribution is 6.30. The van der Waals surface area contributed by atoms with Gasteiger partial charge in [-0.15, -0.1) is 0 Å². The van der Waals surface area contributed by atoms with Crippen LogP contribution in [0.2, 0.25) is 5.02 Å². The third-order valence-electron chi connectivity index (χ3n) is 3.54. The van der Waals surface area contributed by atoms with Gasteiger partial charge in [0.05, 0.1) is 5.02 Å². The summed E-state index contributed by atoms with van der Waals surface area (Å²) in [6.07, 6.45) is 0.595. The molecule has 0 fully saturated rings. The van der Waals surface area contributed by atoms with Gasteiger partial charge in [-0.3, -0.25) is 4.79 Å². The van der Waals surface area contributed by atoms with Crippen LogP contribution < -0.4 is 14.8 Å². The molecule has 2 aromatic carbocycles. The number of hydrogen-bond acceptors (Lipinski definition) is 4. The first kappa shape index (κ1) is 18.7. The fourth-order valence-electron chi connectivity index (χ4n) is 2.20. The van der Waals surface area contributed by atoms with Crippen molar-refractivity contribution >= 4 is 23.2 Å². The topological polar surface area (TPSA) is 60.5 Å². The molecule has 138 valence electrons. The van der Waals surface area contributed by atoms with Gasteiger partial charge in [-0.05, 0) is 49.4 Å². The summed E-state index contributed by atoms with van der Waals surface area (Å²) in [6.45, 7) is 1.65. The van der Waals surface area contributed by atoms with E-state index in [1.54, 1.807) is 43.3 Å². The Hall–Kier alpha value is -3.12. The Bertz CT molecular complexity index is 920. The zero-order valence-electron chi connectivity index (χ0n) is 14.4. The molecule has 1 unspecified atom stereocenters. The zero-order valence-corrected chi connectivity index (χ0v) is 15.1. The molecule has 0 radical (unpaired) electrons. The number of hydrogen-bond donors (Lipinski definition) is 1. The number of pyridine rings is 1. The van der Waals surface area contributed by atoms with E-state index in [4.69, 9.17) is 21.1 Å². The first-order valence-electron chi connectivity index (χ1n) is 8.13. The maximum atomic E-state index is 13.7. The molecule has 7 heteroatoms. The molecular weight excluding hydrogens is 371 g/mol. The summed E-state index contributed by atoms with van der Waals surface area (Å²) in [4.78, 5) is 16.0. The average Bonchev–Trinajstić information content (AvgIpc) is 2.66. The summed E-state index contributed by atoms with van der Waals surface area (Å²) >= 11 is 5.66. The molecule has 1 amide bonds. The maximum Gasteiger partial charge on any atom is 0.265 e. The van der Waals surface area contributed by atoms with Gasteiger partial charge in [0, 0.05) is 11.9 Å². The Kier molecular flexibility index (Phi) is 5.88. The lowest BCUT2D eigenvalue weighted by Crippen LogP contribution is -2.30. The predicted molar refractivity (Wildman–Crippen MR) is 101 cm³/mol. The molecule has 0 saturated heterocycles. The van der Waals surface area contributed by atoms with Gasteiger partial charge in [0.15, 0.2) is 11.9 Å². The Morgan fingerprint density at radius 2 is 1.78 bits per heavy atom. The summed E-state index contributed by atoms with van der Waals surface area (Å²) in [5.74, 6) is -0.258. The van der Waals surface area contributed by atoms with E-state index in [1.165, 1.54) is 6.20 Å². The molecule has 0 aliphatic rings. The van der Waals surface area contributed by atoms with Crippen LogP contribution in [0.3, 0.4) is 0 Å². The summed E-state index contributed by atoms with van der Waals surface area (Å²) in [5.41, 5.74) is 0.694. The summed E-state index contributed by atoms with van der Waals surface area (Å²) in [5, 5.41) is 2.95. The van der Waals surface area contributed by atoms with Crippen molar-refractivity contribution in [2.75, 3.05) is 5.32 Å². The molecule has 1 heterocycles. The number of halogens is 2. The number of carbonyl (C=O) groups excluding carboxylic acids is 1. The van der Waals surface area contributed by atoms with Gasteiger partial charge in [0.2, 0.25) is 0 Å². The van der Waals surface area contributed by atoms with E-state index in [-0.39, 0.29) is 16.8 Å². The van der Waals surface area contributed by atoms with Gasteiger partial charge < -0.3 is 14.8 Å². The smallest absolute Gasteiger partial charge is 0.265 e. The Morgan fingerprint density at radius 1 is 1.11 bits per heavy atom. The van der Waals surface area contributed by atoms with E-state index in [0.29, 0.717) is 17.2 Å². The van der Waals surface area contributed by atoms with Gasteiger partial charge in [-0.25, -0.2) is 9.37 Å². The average molecular weight is 387 g/mol. The molecule has 1 N–H and O–H groups in total. The van der Waals surface area contributed by atoms with E-state index in [0.717, 1.165) is 6.07 Å². The molecule has 0 aliphatic heterocycles. The fraction of sp³-hybridized carbons (Fsp3) is 0.100. The van der Waals surface area contributed by atoms with Crippen LogP contribution in [0, 0.1) is 5.82 Å². The van der Waals surface area contributed by atoms with Crippen molar-refractivity contribution in [2.24, 2.45) is 0 Å². The van der Waals surface area contributed by atoms with E-state index < -0.39 is 11.9 Å². The van der Waals surface area contributed by atoms with Gasteiger partial charge >= 0.3 is 0 Å². The molecule has 3 rings (SSSR count). The predicted octanol–water partition coefficient (Wildman–Crippen LogP) is 5.07. The van der Waals surface area contributed by atoms with Crippen LogP contribution in [0.5, 0.6) is 17.4 Å². The lowest BCUT2D eigenvalue weighted by Gasteiger charge is -2.15. The molecule has 1 aromatic heterocycles. The minimum absolute atomic E-state index is 0.177. The number of nitrogens with zero attached hydrogens (tertiary/aromatic N) is 1. The maximum absolute atomic E-state index is 13.7. The van der Waals surface area contributed by atoms with Gasteiger partial charge in [-0.1, -0.05) is 29.8 Å². The SMILES string of the molecule is CC(Oc1ccc(Oc2ncc(Cl)cc2F)cc1)C(=O)Nc1ccccc1. The van der Waals surface area contributed by atoms with Crippen molar-refractivity contribution in [2.45, 2.75) is 13.0 Å². The lowest BCUT2D eigenvalue weighted by molar-refractivity contribution is -0.122. The van der Waals surface area contributed by atoms with Crippen molar-refractivity contribution < 1.29 is 18.7 Å². The number of para-hydroxylation sites is 1. The first-order chi connectivity index (χ1) is 13.0.